The second-order valence-corrected chi connectivity index (χ2v) is 10.2. The minimum atomic E-state index is -3.51. The molecule has 1 aromatic heterocycles. The lowest BCUT2D eigenvalue weighted by atomic mass is 9.43. The maximum Gasteiger partial charge on any atom is 0.194 e. The van der Waals surface area contributed by atoms with Crippen LogP contribution in [0.5, 0.6) is 0 Å². The van der Waals surface area contributed by atoms with Crippen LogP contribution >= 0.6 is 11.6 Å². The molecule has 2 bridgehead atoms. The molecule has 1 atom stereocenters. The first-order valence-electron chi connectivity index (χ1n) is 8.52. The molecule has 3 saturated carbocycles. The summed E-state index contributed by atoms with van der Waals surface area (Å²) in [7, 11) is -3.51. The molecule has 9 heteroatoms. The van der Waals surface area contributed by atoms with Crippen molar-refractivity contribution < 1.29 is 21.9 Å². The van der Waals surface area contributed by atoms with Crippen molar-refractivity contribution in [2.24, 2.45) is 5.41 Å². The number of H-pyrrole nitrogens is 1. The van der Waals surface area contributed by atoms with Gasteiger partial charge in [0.2, 0.25) is 0 Å². The third kappa shape index (κ3) is 3.28. The van der Waals surface area contributed by atoms with Gasteiger partial charge in [0, 0.05) is 11.7 Å². The number of sulfone groups is 1. The van der Waals surface area contributed by atoms with Crippen LogP contribution in [0.25, 0.3) is 0 Å². The molecule has 1 unspecified atom stereocenters. The molecule has 27 heavy (non-hydrogen) atoms. The van der Waals surface area contributed by atoms with Crippen molar-refractivity contribution in [1.82, 2.24) is 9.97 Å². The van der Waals surface area contributed by atoms with Gasteiger partial charge < -0.3 is 9.72 Å². The first kappa shape index (κ1) is 18.8. The molecule has 5 rings (SSSR count). The fourth-order valence-electron chi connectivity index (χ4n) is 4.23. The molecule has 1 aromatic carbocycles. The van der Waals surface area contributed by atoms with Crippen LogP contribution in [-0.4, -0.2) is 36.9 Å². The van der Waals surface area contributed by atoms with E-state index in [1.54, 1.807) is 6.92 Å². The summed E-state index contributed by atoms with van der Waals surface area (Å²) in [6.45, 7) is 1.92. The lowest BCUT2D eigenvalue weighted by molar-refractivity contribution is -0.242. The monoisotopic (exact) mass is 416 g/mol. The van der Waals surface area contributed by atoms with Gasteiger partial charge in [-0.3, -0.25) is 0 Å². The molecule has 3 aliphatic rings. The largest absolute Gasteiger partial charge is 0.365 e. The maximum absolute atomic E-state index is 13.8. The number of hydrogen-bond donors (Lipinski definition) is 1. The summed E-state index contributed by atoms with van der Waals surface area (Å²) in [6, 6.07) is 4.17. The number of aromatic nitrogens is 2. The Hall–Kier alpha value is -1.51. The highest BCUT2D eigenvalue weighted by atomic mass is 35.5. The number of benzene rings is 1. The molecule has 3 fully saturated rings. The summed E-state index contributed by atoms with van der Waals surface area (Å²) < 4.78 is 57.2. The number of ether oxygens (including phenoxy) is 1. The summed E-state index contributed by atoms with van der Waals surface area (Å²) in [5.74, 6) is -0.275. The summed E-state index contributed by atoms with van der Waals surface area (Å²) in [5.41, 5.74) is -0.278. The van der Waals surface area contributed by atoms with Crippen LogP contribution in [-0.2, 0) is 14.6 Å². The van der Waals surface area contributed by atoms with Crippen LogP contribution in [0.4, 0.5) is 8.78 Å². The van der Waals surface area contributed by atoms with Gasteiger partial charge in [0.1, 0.15) is 23.4 Å². The van der Waals surface area contributed by atoms with Crippen LogP contribution in [0.1, 0.15) is 42.4 Å². The van der Waals surface area contributed by atoms with Crippen LogP contribution < -0.4 is 0 Å². The van der Waals surface area contributed by atoms with Crippen LogP contribution in [0.3, 0.4) is 0 Å². The molecule has 0 spiro atoms. The molecule has 0 radical (unpaired) electrons. The van der Waals surface area contributed by atoms with E-state index in [0.29, 0.717) is 37.1 Å². The fourth-order valence-corrected chi connectivity index (χ4v) is 5.29. The SMILES string of the molecule is Cc1[nH]c(C(OCC23CC(F)(C2)C3)c2ccc(F)c(Cl)c2)nc1S(C)(=O)=O. The smallest absolute Gasteiger partial charge is 0.194 e. The third-order valence-corrected chi connectivity index (χ3v) is 6.73. The highest BCUT2D eigenvalue weighted by Gasteiger charge is 2.69. The molecule has 3 aliphatic carbocycles. The first-order valence-corrected chi connectivity index (χ1v) is 10.8. The van der Waals surface area contributed by atoms with Gasteiger partial charge in [0.25, 0.3) is 0 Å². The summed E-state index contributed by atoms with van der Waals surface area (Å²) >= 11 is 5.90. The van der Waals surface area contributed by atoms with Crippen molar-refractivity contribution >= 4 is 21.4 Å². The lowest BCUT2D eigenvalue weighted by Crippen LogP contribution is -2.66. The minimum Gasteiger partial charge on any atom is -0.365 e. The summed E-state index contributed by atoms with van der Waals surface area (Å²) in [4.78, 5) is 7.15. The van der Waals surface area contributed by atoms with Gasteiger partial charge >= 0.3 is 0 Å². The van der Waals surface area contributed by atoms with Crippen molar-refractivity contribution in [2.75, 3.05) is 12.9 Å². The first-order chi connectivity index (χ1) is 12.5. The standard InChI is InChI=1S/C18H19ClF2N2O3S/c1-10-16(27(2,24)25)23-15(22-10)14(11-3-4-13(20)12(19)5-11)26-9-17-6-18(21,7-17)8-17/h3-5,14H,6-9H2,1-2H3,(H,22,23). The zero-order valence-corrected chi connectivity index (χ0v) is 16.4. The van der Waals surface area contributed by atoms with Crippen molar-refractivity contribution in [2.45, 2.75) is 43.0 Å². The van der Waals surface area contributed by atoms with Crippen LogP contribution in [0.15, 0.2) is 23.2 Å². The lowest BCUT2D eigenvalue weighted by Gasteiger charge is -2.65. The second kappa shape index (κ2) is 5.99. The van der Waals surface area contributed by atoms with Gasteiger partial charge in [0.15, 0.2) is 14.9 Å². The van der Waals surface area contributed by atoms with Gasteiger partial charge in [-0.25, -0.2) is 22.2 Å². The Labute approximate surface area is 161 Å². The summed E-state index contributed by atoms with van der Waals surface area (Å²) in [5, 5.41) is -0.131. The van der Waals surface area contributed by atoms with Crippen molar-refractivity contribution in [3.05, 3.63) is 46.1 Å². The van der Waals surface area contributed by atoms with Gasteiger partial charge in [-0.1, -0.05) is 17.7 Å². The molecule has 0 saturated heterocycles. The Bertz CT molecular complexity index is 1000. The van der Waals surface area contributed by atoms with E-state index in [4.69, 9.17) is 16.3 Å². The van der Waals surface area contributed by atoms with Crippen LogP contribution in [0.2, 0.25) is 5.02 Å². The molecule has 5 nitrogen and oxygen atoms in total. The Morgan fingerprint density at radius 2 is 2.04 bits per heavy atom. The topological polar surface area (TPSA) is 72.0 Å². The molecule has 0 amide bonds. The van der Waals surface area contributed by atoms with Gasteiger partial charge in [-0.15, -0.1) is 0 Å². The Morgan fingerprint density at radius 3 is 2.56 bits per heavy atom. The Kier molecular flexibility index (Phi) is 4.18. The second-order valence-electron chi connectivity index (χ2n) is 7.87. The molecule has 1 heterocycles. The number of aromatic amines is 1. The molecule has 146 valence electrons. The number of alkyl halides is 1. The van der Waals surface area contributed by atoms with E-state index in [-0.39, 0.29) is 21.3 Å². The van der Waals surface area contributed by atoms with E-state index in [2.05, 4.69) is 9.97 Å². The maximum atomic E-state index is 13.8. The number of nitrogens with one attached hydrogen (secondary N) is 1. The fraction of sp³-hybridized carbons (Fsp3) is 0.500. The number of aryl methyl sites for hydroxylation is 1. The average molecular weight is 417 g/mol. The number of rotatable bonds is 6. The highest BCUT2D eigenvalue weighted by molar-refractivity contribution is 7.90. The quantitative estimate of drug-likeness (QED) is 0.774. The zero-order valence-electron chi connectivity index (χ0n) is 14.9. The van der Waals surface area contributed by atoms with Crippen molar-refractivity contribution in [3.63, 3.8) is 0 Å². The van der Waals surface area contributed by atoms with Gasteiger partial charge in [-0.05, 0) is 43.9 Å². The Balaban J connectivity index is 1.66. The van der Waals surface area contributed by atoms with Crippen LogP contribution in [0, 0.1) is 18.2 Å². The van der Waals surface area contributed by atoms with Crippen molar-refractivity contribution in [3.8, 4) is 0 Å². The van der Waals surface area contributed by atoms with E-state index in [0.717, 1.165) is 6.26 Å². The zero-order chi connectivity index (χ0) is 19.6. The van der Waals surface area contributed by atoms with Gasteiger partial charge in [0.05, 0.1) is 17.3 Å². The average Bonchev–Trinajstić information content (AvgIpc) is 2.89. The third-order valence-electron chi connectivity index (χ3n) is 5.34. The number of hydrogen-bond acceptors (Lipinski definition) is 4. The van der Waals surface area contributed by atoms with Crippen molar-refractivity contribution in [1.29, 1.82) is 0 Å². The predicted molar refractivity (Wildman–Crippen MR) is 95.8 cm³/mol. The van der Waals surface area contributed by atoms with E-state index < -0.39 is 27.4 Å². The minimum absolute atomic E-state index is 0.0625. The van der Waals surface area contributed by atoms with Gasteiger partial charge in [-0.2, -0.15) is 0 Å². The Morgan fingerprint density at radius 1 is 1.37 bits per heavy atom. The predicted octanol–water partition coefficient (Wildman–Crippen LogP) is 3.91. The molecule has 2 aromatic rings. The van der Waals surface area contributed by atoms with E-state index in [9.17, 15) is 17.2 Å². The normalized spacial score (nSPS) is 27.7. The number of halogens is 3. The van der Waals surface area contributed by atoms with E-state index in [1.165, 1.54) is 18.2 Å². The molecular formula is C18H19ClF2N2O3S. The molecule has 0 aliphatic heterocycles. The molecule has 1 N–H and O–H groups in total. The van der Waals surface area contributed by atoms with E-state index >= 15 is 0 Å². The van der Waals surface area contributed by atoms with E-state index in [1.807, 2.05) is 0 Å². The summed E-state index contributed by atoms with van der Waals surface area (Å²) in [6.07, 6.45) is 1.74. The highest BCUT2D eigenvalue weighted by Crippen LogP contribution is 2.69. The number of nitrogens with zero attached hydrogens (tertiary/aromatic N) is 1. The number of imidazole rings is 1. The molecular weight excluding hydrogens is 398 g/mol.